The highest BCUT2D eigenvalue weighted by atomic mass is 19.1. The molecule has 0 spiro atoms. The highest BCUT2D eigenvalue weighted by Gasteiger charge is 2.40. The Hall–Kier alpha value is -3.03. The van der Waals surface area contributed by atoms with E-state index >= 15 is 0 Å². The highest BCUT2D eigenvalue weighted by Crippen LogP contribution is 2.35. The van der Waals surface area contributed by atoms with E-state index in [0.29, 0.717) is 25.3 Å². The van der Waals surface area contributed by atoms with Gasteiger partial charge in [0.1, 0.15) is 29.4 Å². The number of halogens is 2. The van der Waals surface area contributed by atoms with E-state index in [1.807, 2.05) is 0 Å². The molecule has 0 saturated carbocycles. The average Bonchev–Trinajstić information content (AvgIpc) is 3.27. The molecule has 33 heavy (non-hydrogen) atoms. The SMILES string of the molecule is Cn1c(C#N)nc2c1CN([C@H]1CO[C@H](c3cc(F)ccc3F)[C@@H](NC(=O)OC(C)(C)C)C1)C2. The number of aromatic nitrogens is 2. The summed E-state index contributed by atoms with van der Waals surface area (Å²) in [7, 11) is 1.81. The van der Waals surface area contributed by atoms with Crippen LogP contribution in [0.3, 0.4) is 0 Å². The largest absolute Gasteiger partial charge is 0.444 e. The van der Waals surface area contributed by atoms with Gasteiger partial charge in [-0.1, -0.05) is 0 Å². The maximum Gasteiger partial charge on any atom is 0.407 e. The lowest BCUT2D eigenvalue weighted by atomic mass is 9.92. The highest BCUT2D eigenvalue weighted by molar-refractivity contribution is 5.68. The summed E-state index contributed by atoms with van der Waals surface area (Å²) >= 11 is 0. The molecule has 3 heterocycles. The molecule has 4 rings (SSSR count). The second-order valence-corrected chi connectivity index (χ2v) is 9.47. The lowest BCUT2D eigenvalue weighted by Gasteiger charge is -2.40. The first-order chi connectivity index (χ1) is 15.6. The number of alkyl carbamates (subject to hydrolysis) is 1. The topological polar surface area (TPSA) is 92.4 Å². The molecule has 2 aliphatic rings. The molecule has 0 bridgehead atoms. The summed E-state index contributed by atoms with van der Waals surface area (Å²) in [6.45, 7) is 6.64. The van der Waals surface area contributed by atoms with Gasteiger partial charge in [0.15, 0.2) is 0 Å². The number of amides is 1. The van der Waals surface area contributed by atoms with Gasteiger partial charge in [-0.3, -0.25) is 4.90 Å². The lowest BCUT2D eigenvalue weighted by Crippen LogP contribution is -2.52. The first-order valence-electron chi connectivity index (χ1n) is 10.8. The summed E-state index contributed by atoms with van der Waals surface area (Å²) in [5.41, 5.74) is 1.14. The van der Waals surface area contributed by atoms with Gasteiger partial charge in [-0.2, -0.15) is 5.26 Å². The van der Waals surface area contributed by atoms with Crippen LogP contribution in [0.25, 0.3) is 0 Å². The van der Waals surface area contributed by atoms with Crippen molar-refractivity contribution < 1.29 is 23.0 Å². The number of hydrogen-bond acceptors (Lipinski definition) is 6. The van der Waals surface area contributed by atoms with Crippen LogP contribution in [0.4, 0.5) is 13.6 Å². The van der Waals surface area contributed by atoms with Gasteiger partial charge in [0, 0.05) is 31.7 Å². The minimum absolute atomic E-state index is 0.0551. The minimum Gasteiger partial charge on any atom is -0.444 e. The van der Waals surface area contributed by atoms with E-state index in [1.54, 1.807) is 32.4 Å². The molecule has 1 amide bonds. The molecule has 0 aliphatic carbocycles. The Kier molecular flexibility index (Phi) is 6.12. The van der Waals surface area contributed by atoms with Crippen LogP contribution in [0.5, 0.6) is 0 Å². The van der Waals surface area contributed by atoms with Crippen LogP contribution >= 0.6 is 0 Å². The summed E-state index contributed by atoms with van der Waals surface area (Å²) in [6, 6.07) is 4.55. The number of imidazole rings is 1. The Balaban J connectivity index is 1.54. The van der Waals surface area contributed by atoms with Crippen LogP contribution in [0.15, 0.2) is 18.2 Å². The zero-order valence-electron chi connectivity index (χ0n) is 19.1. The van der Waals surface area contributed by atoms with Gasteiger partial charge >= 0.3 is 6.09 Å². The number of nitrogens with one attached hydrogen (secondary N) is 1. The zero-order valence-corrected chi connectivity index (χ0v) is 19.1. The standard InChI is InChI=1S/C23H27F2N5O3/c1-23(2,3)33-22(31)28-17-8-14(12-32-21(17)15-7-13(24)5-6-16(15)25)30-10-18-19(11-30)29(4)20(9-26)27-18/h5-7,14,17,21H,8,10-12H2,1-4H3,(H,28,31)/t14-,17+,21-/m1/s1. The van der Waals surface area contributed by atoms with Crippen molar-refractivity contribution in [2.45, 2.75) is 64.1 Å². The van der Waals surface area contributed by atoms with Crippen molar-refractivity contribution in [2.75, 3.05) is 6.61 Å². The number of hydrogen-bond donors (Lipinski definition) is 1. The third kappa shape index (κ3) is 4.84. The van der Waals surface area contributed by atoms with Crippen molar-refractivity contribution in [3.8, 4) is 6.07 Å². The molecule has 1 N–H and O–H groups in total. The Morgan fingerprint density at radius 1 is 1.33 bits per heavy atom. The van der Waals surface area contributed by atoms with Gasteiger partial charge in [-0.25, -0.2) is 18.6 Å². The normalized spacial score (nSPS) is 23.1. The second kappa shape index (κ2) is 8.72. The van der Waals surface area contributed by atoms with Gasteiger partial charge in [0.25, 0.3) is 0 Å². The van der Waals surface area contributed by atoms with E-state index in [9.17, 15) is 18.8 Å². The number of nitrogens with zero attached hydrogens (tertiary/aromatic N) is 4. The second-order valence-electron chi connectivity index (χ2n) is 9.47. The van der Waals surface area contributed by atoms with E-state index in [1.165, 1.54) is 0 Å². The maximum atomic E-state index is 14.5. The fraction of sp³-hybridized carbons (Fsp3) is 0.522. The predicted octanol–water partition coefficient (Wildman–Crippen LogP) is 3.31. The van der Waals surface area contributed by atoms with Crippen molar-refractivity contribution in [1.29, 1.82) is 5.26 Å². The van der Waals surface area contributed by atoms with Crippen molar-refractivity contribution in [2.24, 2.45) is 7.05 Å². The molecular formula is C23H27F2N5O3. The molecule has 1 saturated heterocycles. The molecule has 2 aromatic rings. The summed E-state index contributed by atoms with van der Waals surface area (Å²) in [4.78, 5) is 19.1. The number of benzene rings is 1. The molecule has 176 valence electrons. The number of carbonyl (C=O) groups excluding carboxylic acids is 1. The predicted molar refractivity (Wildman–Crippen MR) is 114 cm³/mol. The van der Waals surface area contributed by atoms with Crippen LogP contribution < -0.4 is 5.32 Å². The average molecular weight is 459 g/mol. The molecule has 0 radical (unpaired) electrons. The van der Waals surface area contributed by atoms with Crippen LogP contribution in [0.2, 0.25) is 0 Å². The number of rotatable bonds is 3. The fourth-order valence-electron chi connectivity index (χ4n) is 4.41. The van der Waals surface area contributed by atoms with Crippen molar-refractivity contribution in [3.05, 3.63) is 52.6 Å². The van der Waals surface area contributed by atoms with E-state index in [-0.39, 0.29) is 18.2 Å². The molecule has 0 unspecified atom stereocenters. The summed E-state index contributed by atoms with van der Waals surface area (Å²) in [6.07, 6.45) is -1.07. The first kappa shape index (κ1) is 23.1. The minimum atomic E-state index is -0.863. The maximum absolute atomic E-state index is 14.5. The molecule has 2 aliphatic heterocycles. The van der Waals surface area contributed by atoms with E-state index in [4.69, 9.17) is 9.47 Å². The van der Waals surface area contributed by atoms with Gasteiger partial charge < -0.3 is 19.4 Å². The molecule has 1 aromatic carbocycles. The molecule has 1 fully saturated rings. The Labute approximate surface area is 191 Å². The fourth-order valence-corrected chi connectivity index (χ4v) is 4.41. The van der Waals surface area contributed by atoms with Crippen molar-refractivity contribution in [3.63, 3.8) is 0 Å². The van der Waals surface area contributed by atoms with Gasteiger partial charge in [-0.05, 0) is 45.4 Å². The van der Waals surface area contributed by atoms with Crippen LogP contribution in [0.1, 0.15) is 56.1 Å². The van der Waals surface area contributed by atoms with Crippen LogP contribution in [-0.4, -0.2) is 44.8 Å². The number of nitriles is 1. The first-order valence-corrected chi connectivity index (χ1v) is 10.8. The van der Waals surface area contributed by atoms with Gasteiger partial charge in [0.05, 0.1) is 24.0 Å². The Morgan fingerprint density at radius 3 is 2.76 bits per heavy atom. The van der Waals surface area contributed by atoms with Gasteiger partial charge in [0.2, 0.25) is 5.82 Å². The molecular weight excluding hydrogens is 432 g/mol. The van der Waals surface area contributed by atoms with Crippen LogP contribution in [0, 0.1) is 23.0 Å². The number of ether oxygens (including phenoxy) is 2. The van der Waals surface area contributed by atoms with E-state index < -0.39 is 35.5 Å². The quantitative estimate of drug-likeness (QED) is 0.757. The molecule has 3 atom stereocenters. The molecule has 10 heteroatoms. The van der Waals surface area contributed by atoms with Crippen molar-refractivity contribution in [1.82, 2.24) is 19.8 Å². The summed E-state index contributed by atoms with van der Waals surface area (Å²) < 4.78 is 41.6. The zero-order chi connectivity index (χ0) is 23.9. The van der Waals surface area contributed by atoms with Gasteiger partial charge in [-0.15, -0.1) is 0 Å². The summed E-state index contributed by atoms with van der Waals surface area (Å²) in [5.74, 6) is -0.814. The third-order valence-corrected chi connectivity index (χ3v) is 5.95. The van der Waals surface area contributed by atoms with Crippen molar-refractivity contribution >= 4 is 6.09 Å². The molecule has 8 nitrogen and oxygen atoms in total. The lowest BCUT2D eigenvalue weighted by molar-refractivity contribution is -0.0630. The smallest absolute Gasteiger partial charge is 0.407 e. The molecule has 1 aromatic heterocycles. The Bertz CT molecular complexity index is 1100. The van der Waals surface area contributed by atoms with E-state index in [0.717, 1.165) is 29.6 Å². The number of carbonyl (C=O) groups is 1. The monoisotopic (exact) mass is 459 g/mol. The summed E-state index contributed by atoms with van der Waals surface area (Å²) in [5, 5.41) is 12.0. The number of fused-ring (bicyclic) bond motifs is 1. The van der Waals surface area contributed by atoms with Crippen LogP contribution in [-0.2, 0) is 29.6 Å². The Morgan fingerprint density at radius 2 is 2.09 bits per heavy atom. The third-order valence-electron chi connectivity index (χ3n) is 5.95. The van der Waals surface area contributed by atoms with E-state index in [2.05, 4.69) is 21.3 Å².